The maximum atomic E-state index is 2.36. The molecule has 15 heavy (non-hydrogen) atoms. The monoisotopic (exact) mass is 198 g/mol. The average Bonchev–Trinajstić information content (AvgIpc) is 2.21. The van der Waals surface area contributed by atoms with Crippen LogP contribution in [0.2, 0.25) is 9.18 Å². The number of rotatable bonds is 0. The van der Waals surface area contributed by atoms with Crippen LogP contribution in [0.3, 0.4) is 0 Å². The van der Waals surface area contributed by atoms with Gasteiger partial charge in [-0.3, -0.25) is 0 Å². The van der Waals surface area contributed by atoms with Crippen LogP contribution in [-0.4, -0.2) is 40.9 Å². The minimum absolute atomic E-state index is 0. The Kier molecular flexibility index (Phi) is 11.1. The van der Waals surface area contributed by atoms with Crippen LogP contribution >= 0.6 is 0 Å². The molecular weight excluding hydrogens is 174 g/mol. The Morgan fingerprint density at radius 2 is 0.800 bits per heavy atom. The molecule has 2 aliphatic carbocycles. The molecule has 0 aromatic rings. The van der Waals surface area contributed by atoms with Gasteiger partial charge in [-0.15, -0.1) is 0 Å². The zero-order chi connectivity index (χ0) is 10.2. The molecule has 0 aliphatic heterocycles. The molecule has 0 saturated heterocycles. The van der Waals surface area contributed by atoms with Gasteiger partial charge in [0.2, 0.25) is 0 Å². The summed E-state index contributed by atoms with van der Waals surface area (Å²) in [5.41, 5.74) is 0. The Hall–Kier alpha value is 1.15. The van der Waals surface area contributed by atoms with Gasteiger partial charge in [-0.25, -0.2) is 0 Å². The summed E-state index contributed by atoms with van der Waals surface area (Å²) < 4.78 is 2.07. The molecule has 3 heteroatoms. The Morgan fingerprint density at radius 1 is 0.533 bits per heavy atom. The SMILES string of the molecule is O.[Li][CH]1CCCCC1.[Li][CH]1CCCCC1. The van der Waals surface area contributed by atoms with E-state index in [4.69, 9.17) is 0 Å². The Balaban J connectivity index is 0.000000245. The molecule has 2 aliphatic rings. The second-order valence-corrected chi connectivity index (χ2v) is 5.49. The normalized spacial score (nSPS) is 23.7. The van der Waals surface area contributed by atoms with E-state index in [0.717, 1.165) is 9.18 Å². The van der Waals surface area contributed by atoms with Crippen molar-refractivity contribution in [2.24, 2.45) is 0 Å². The van der Waals surface area contributed by atoms with E-state index in [-0.39, 0.29) is 5.48 Å². The van der Waals surface area contributed by atoms with E-state index < -0.39 is 0 Å². The third-order valence-electron chi connectivity index (χ3n) is 3.79. The molecule has 2 rings (SSSR count). The fourth-order valence-corrected chi connectivity index (χ4v) is 2.61. The fourth-order valence-electron chi connectivity index (χ4n) is 2.61. The summed E-state index contributed by atoms with van der Waals surface area (Å²) in [6.07, 6.45) is 14.9. The van der Waals surface area contributed by atoms with Crippen molar-refractivity contribution in [1.82, 2.24) is 0 Å². The first-order valence-corrected chi connectivity index (χ1v) is 6.79. The molecule has 0 atom stereocenters. The van der Waals surface area contributed by atoms with Gasteiger partial charge in [0.25, 0.3) is 0 Å². The first-order valence-electron chi connectivity index (χ1n) is 6.79. The van der Waals surface area contributed by atoms with Crippen LogP contribution in [0.25, 0.3) is 0 Å². The first-order chi connectivity index (χ1) is 6.79. The van der Waals surface area contributed by atoms with Crippen molar-refractivity contribution in [3.63, 3.8) is 0 Å². The summed E-state index contributed by atoms with van der Waals surface area (Å²) in [4.78, 5) is 0. The predicted molar refractivity (Wildman–Crippen MR) is 68.8 cm³/mol. The van der Waals surface area contributed by atoms with Crippen LogP contribution in [0.15, 0.2) is 0 Å². The van der Waals surface area contributed by atoms with Gasteiger partial charge in [0.05, 0.1) is 0 Å². The van der Waals surface area contributed by atoms with Crippen molar-refractivity contribution in [3.8, 4) is 0 Å². The van der Waals surface area contributed by atoms with Crippen molar-refractivity contribution in [2.75, 3.05) is 0 Å². The third-order valence-corrected chi connectivity index (χ3v) is 3.79. The number of hydrogen-bond donors (Lipinski definition) is 0. The molecule has 80 valence electrons. The molecule has 0 heterocycles. The van der Waals surface area contributed by atoms with Crippen LogP contribution in [0.4, 0.5) is 0 Å². The summed E-state index contributed by atoms with van der Waals surface area (Å²) >= 11 is 4.72. The number of hydrogen-bond acceptors (Lipinski definition) is 0. The molecule has 1 nitrogen and oxygen atoms in total. The van der Waals surface area contributed by atoms with Gasteiger partial charge >= 0.3 is 109 Å². The molecule has 0 amide bonds. The van der Waals surface area contributed by atoms with Gasteiger partial charge in [0.15, 0.2) is 0 Å². The molecule has 0 aromatic heterocycles. The summed E-state index contributed by atoms with van der Waals surface area (Å²) in [5, 5.41) is 0. The second kappa shape index (κ2) is 10.3. The molecular formula is C12H24Li2O. The van der Waals surface area contributed by atoms with Crippen LogP contribution in [0.1, 0.15) is 64.2 Å². The molecule has 2 fully saturated rings. The van der Waals surface area contributed by atoms with Crippen LogP contribution in [-0.2, 0) is 0 Å². The Labute approximate surface area is 114 Å². The van der Waals surface area contributed by atoms with E-state index in [2.05, 4.69) is 35.4 Å². The van der Waals surface area contributed by atoms with Crippen molar-refractivity contribution in [2.45, 2.75) is 73.4 Å². The summed E-state index contributed by atoms with van der Waals surface area (Å²) in [5.74, 6) is 0. The van der Waals surface area contributed by atoms with Crippen LogP contribution in [0, 0.1) is 0 Å². The van der Waals surface area contributed by atoms with E-state index in [9.17, 15) is 0 Å². The van der Waals surface area contributed by atoms with Gasteiger partial charge < -0.3 is 5.48 Å². The average molecular weight is 198 g/mol. The van der Waals surface area contributed by atoms with E-state index in [1.807, 2.05) is 0 Å². The molecule has 0 unspecified atom stereocenters. The third kappa shape index (κ3) is 8.91. The zero-order valence-corrected chi connectivity index (χ0v) is 10.7. The zero-order valence-electron chi connectivity index (χ0n) is 10.7. The molecule has 0 spiro atoms. The predicted octanol–water partition coefficient (Wildman–Crippen LogP) is 2.99. The van der Waals surface area contributed by atoms with Crippen LogP contribution < -0.4 is 0 Å². The summed E-state index contributed by atoms with van der Waals surface area (Å²) in [6.45, 7) is 0. The maximum absolute atomic E-state index is 2.36. The van der Waals surface area contributed by atoms with Crippen LogP contribution in [0.5, 0.6) is 0 Å². The van der Waals surface area contributed by atoms with Gasteiger partial charge in [-0.05, 0) is 0 Å². The van der Waals surface area contributed by atoms with Crippen molar-refractivity contribution in [1.29, 1.82) is 0 Å². The Morgan fingerprint density at radius 3 is 0.933 bits per heavy atom. The van der Waals surface area contributed by atoms with Gasteiger partial charge in [0, 0.05) is 0 Å². The molecule has 0 radical (unpaired) electrons. The summed E-state index contributed by atoms with van der Waals surface area (Å²) in [6, 6.07) is 0. The molecule has 2 saturated carbocycles. The van der Waals surface area contributed by atoms with Gasteiger partial charge in [-0.1, -0.05) is 0 Å². The standard InChI is InChI=1S/2C6H11.2Li.H2O/c2*1-2-4-6-5-3-1;;;/h2*1H,2-6H2;;;1H2. The first kappa shape index (κ1) is 16.2. The van der Waals surface area contributed by atoms with E-state index in [1.54, 1.807) is 0 Å². The molecule has 0 aromatic carbocycles. The Bertz CT molecular complexity index is 114. The second-order valence-electron chi connectivity index (χ2n) is 5.49. The van der Waals surface area contributed by atoms with Gasteiger partial charge in [0.1, 0.15) is 0 Å². The van der Waals surface area contributed by atoms with E-state index >= 15 is 0 Å². The van der Waals surface area contributed by atoms with Crippen molar-refractivity contribution in [3.05, 3.63) is 0 Å². The van der Waals surface area contributed by atoms with Gasteiger partial charge in [-0.2, -0.15) is 0 Å². The topological polar surface area (TPSA) is 31.5 Å². The van der Waals surface area contributed by atoms with Crippen molar-refractivity contribution >= 4 is 35.4 Å². The van der Waals surface area contributed by atoms with E-state index in [0.29, 0.717) is 0 Å². The van der Waals surface area contributed by atoms with E-state index in [1.165, 1.54) is 64.2 Å². The minimum atomic E-state index is 0. The van der Waals surface area contributed by atoms with Crippen molar-refractivity contribution < 1.29 is 5.48 Å². The molecule has 2 N–H and O–H groups in total. The molecule has 0 bridgehead atoms. The quantitative estimate of drug-likeness (QED) is 0.536. The fraction of sp³-hybridized carbons (Fsp3) is 1.00. The summed E-state index contributed by atoms with van der Waals surface area (Å²) in [7, 11) is 0.